The predicted molar refractivity (Wildman–Crippen MR) is 201 cm³/mol. The van der Waals surface area contributed by atoms with Gasteiger partial charge in [-0.25, -0.2) is 9.36 Å². The maximum atomic E-state index is 12.9. The third-order valence-electron chi connectivity index (χ3n) is 8.13. The van der Waals surface area contributed by atoms with Gasteiger partial charge in [0.1, 0.15) is 11.3 Å². The Morgan fingerprint density at radius 2 is 1.49 bits per heavy atom. The van der Waals surface area contributed by atoms with E-state index in [9.17, 15) is 9.59 Å². The van der Waals surface area contributed by atoms with Gasteiger partial charge in [0.05, 0.1) is 11.2 Å². The number of amides is 1. The molecule has 248 valence electrons. The molecule has 49 heavy (non-hydrogen) atoms. The summed E-state index contributed by atoms with van der Waals surface area (Å²) in [5.74, 6) is -0.176. The number of carbonyl (C=O) groups excluding carboxylic acids is 2. The molecule has 0 saturated heterocycles. The van der Waals surface area contributed by atoms with Gasteiger partial charge in [-0.05, 0) is 88.2 Å². The number of halogens is 1. The fourth-order valence-electron chi connectivity index (χ4n) is 5.75. The molecular formula is C40H38BrN5O3. The van der Waals surface area contributed by atoms with Crippen molar-refractivity contribution in [2.75, 3.05) is 5.32 Å². The van der Waals surface area contributed by atoms with Crippen molar-refractivity contribution >= 4 is 55.4 Å². The molecule has 0 bridgehead atoms. The number of nitrogens with one attached hydrogen (secondary N) is 2. The molecule has 0 unspecified atom stereocenters. The number of hydrogen-bond donors (Lipinski definition) is 2. The maximum absolute atomic E-state index is 12.9. The Kier molecular flexibility index (Phi) is 9.30. The lowest BCUT2D eigenvalue weighted by Gasteiger charge is -2.21. The number of aromatic nitrogens is 4. The molecule has 4 aromatic carbocycles. The highest BCUT2D eigenvalue weighted by molar-refractivity contribution is 9.10. The van der Waals surface area contributed by atoms with E-state index in [-0.39, 0.29) is 12.0 Å². The third kappa shape index (κ3) is 7.37. The number of carbonyl (C=O) groups is 2. The fourth-order valence-corrected chi connectivity index (χ4v) is 6.10. The first kappa shape index (κ1) is 33.5. The van der Waals surface area contributed by atoms with Crippen molar-refractivity contribution in [1.29, 1.82) is 0 Å². The van der Waals surface area contributed by atoms with Crippen LogP contribution >= 0.6 is 15.9 Å². The summed E-state index contributed by atoms with van der Waals surface area (Å²) in [6.45, 7) is 9.77. The zero-order valence-corrected chi connectivity index (χ0v) is 29.9. The average molecular weight is 717 g/mol. The Morgan fingerprint density at radius 1 is 0.816 bits per heavy atom. The van der Waals surface area contributed by atoms with Gasteiger partial charge in [0.15, 0.2) is 0 Å². The van der Waals surface area contributed by atoms with Crippen molar-refractivity contribution in [2.45, 2.75) is 40.2 Å². The normalized spacial score (nSPS) is 11.3. The number of H-pyrrole nitrogens is 1. The van der Waals surface area contributed by atoms with Crippen LogP contribution in [0.3, 0.4) is 0 Å². The highest BCUT2D eigenvalue weighted by atomic mass is 79.9. The maximum Gasteiger partial charge on any atom is 0.419 e. The first-order valence-electron chi connectivity index (χ1n) is 16.0. The van der Waals surface area contributed by atoms with E-state index in [2.05, 4.69) is 56.5 Å². The van der Waals surface area contributed by atoms with Crippen LogP contribution in [0.15, 0.2) is 114 Å². The number of rotatable bonds is 4. The van der Waals surface area contributed by atoms with Crippen molar-refractivity contribution in [3.63, 3.8) is 0 Å². The molecule has 3 heterocycles. The van der Waals surface area contributed by atoms with Gasteiger partial charge in [0.25, 0.3) is 5.91 Å². The molecule has 0 fully saturated rings. The molecule has 8 nitrogen and oxygen atoms in total. The van der Waals surface area contributed by atoms with Crippen molar-refractivity contribution < 1.29 is 14.3 Å². The van der Waals surface area contributed by atoms with Crippen LogP contribution in [-0.4, -0.2) is 36.9 Å². The van der Waals surface area contributed by atoms with Crippen LogP contribution in [0.4, 0.5) is 10.5 Å². The largest absolute Gasteiger partial charge is 0.443 e. The van der Waals surface area contributed by atoms with Gasteiger partial charge in [-0.3, -0.25) is 9.48 Å². The molecular weight excluding hydrogens is 678 g/mol. The zero-order valence-electron chi connectivity index (χ0n) is 28.3. The Morgan fingerprint density at radius 3 is 2.14 bits per heavy atom. The van der Waals surface area contributed by atoms with Crippen molar-refractivity contribution in [1.82, 2.24) is 19.3 Å². The summed E-state index contributed by atoms with van der Waals surface area (Å²) in [6, 6.07) is 34.0. The number of benzene rings is 4. The molecule has 0 radical (unpaired) electrons. The van der Waals surface area contributed by atoms with Crippen LogP contribution in [0.25, 0.3) is 44.3 Å². The summed E-state index contributed by atoms with van der Waals surface area (Å²) in [7, 11) is 1.75. The molecule has 0 atom stereocenters. The van der Waals surface area contributed by atoms with Gasteiger partial charge in [-0.15, -0.1) is 0 Å². The summed E-state index contributed by atoms with van der Waals surface area (Å²) in [4.78, 5) is 28.6. The van der Waals surface area contributed by atoms with Gasteiger partial charge < -0.3 is 15.0 Å². The molecule has 0 aliphatic heterocycles. The Bertz CT molecular complexity index is 2320. The molecule has 1 amide bonds. The highest BCUT2D eigenvalue weighted by Gasteiger charge is 2.23. The van der Waals surface area contributed by atoms with Crippen LogP contribution in [0.2, 0.25) is 0 Å². The first-order valence-corrected chi connectivity index (χ1v) is 16.8. The predicted octanol–water partition coefficient (Wildman–Crippen LogP) is 10.3. The summed E-state index contributed by atoms with van der Waals surface area (Å²) in [6.07, 6.45) is 1.24. The number of ether oxygens (including phenoxy) is 1. The quantitative estimate of drug-likeness (QED) is 0.190. The van der Waals surface area contributed by atoms with Crippen LogP contribution in [0.1, 0.15) is 42.4 Å². The van der Waals surface area contributed by atoms with Crippen LogP contribution in [-0.2, 0) is 11.8 Å². The lowest BCUT2D eigenvalue weighted by Crippen LogP contribution is -2.27. The van der Waals surface area contributed by atoms with E-state index in [4.69, 9.17) is 4.74 Å². The molecule has 0 saturated carbocycles. The van der Waals surface area contributed by atoms with Crippen molar-refractivity contribution in [2.24, 2.45) is 7.05 Å². The molecule has 0 spiro atoms. The Labute approximate surface area is 293 Å². The standard InChI is InChI=1S/C20H20BrNO2.C20H18N4O/c1-13-7-5-6-8-16(13)18-11-14-9-10-15(21)12-17(14)22(18)19(23)24-20(2,3)4;1-13-5-3-4-6-16(13)18-11-14-7-8-15(12-17(14)23-18)22-20(25)19-9-10-21-24(19)2/h5-12H,1-4H3;3-12,23H,1-2H3,(H,22,25). The lowest BCUT2D eigenvalue weighted by molar-refractivity contribution is 0.0547. The monoisotopic (exact) mass is 715 g/mol. The smallest absolute Gasteiger partial charge is 0.419 e. The molecule has 0 aliphatic carbocycles. The van der Waals surface area contributed by atoms with Gasteiger partial charge in [-0.2, -0.15) is 5.10 Å². The minimum atomic E-state index is -0.553. The van der Waals surface area contributed by atoms with Gasteiger partial charge in [0.2, 0.25) is 0 Å². The zero-order chi connectivity index (χ0) is 34.9. The second-order valence-corrected chi connectivity index (χ2v) is 13.9. The summed E-state index contributed by atoms with van der Waals surface area (Å²) < 4.78 is 9.78. The number of hydrogen-bond acceptors (Lipinski definition) is 4. The average Bonchev–Trinajstić information content (AvgIpc) is 3.77. The number of aryl methyl sites for hydroxylation is 3. The third-order valence-corrected chi connectivity index (χ3v) is 8.63. The summed E-state index contributed by atoms with van der Waals surface area (Å²) in [5, 5.41) is 9.05. The second-order valence-electron chi connectivity index (χ2n) is 13.0. The van der Waals surface area contributed by atoms with E-state index in [1.54, 1.807) is 28.6 Å². The molecule has 7 rings (SSSR count). The van der Waals surface area contributed by atoms with E-state index in [1.807, 2.05) is 107 Å². The minimum Gasteiger partial charge on any atom is -0.443 e. The van der Waals surface area contributed by atoms with E-state index in [1.165, 1.54) is 11.1 Å². The SMILES string of the molecule is Cc1ccccc1-c1cc2ccc(Br)cc2n1C(=O)OC(C)(C)C.Cc1ccccc1-c1cc2ccc(NC(=O)c3ccnn3C)cc2[nH]1. The lowest BCUT2D eigenvalue weighted by atomic mass is 10.1. The molecule has 0 aliphatic rings. The Hall–Kier alpha value is -5.41. The number of anilines is 1. The molecule has 9 heteroatoms. The van der Waals surface area contributed by atoms with E-state index < -0.39 is 5.60 Å². The Balaban J connectivity index is 0.000000170. The van der Waals surface area contributed by atoms with E-state index in [0.29, 0.717) is 5.69 Å². The van der Waals surface area contributed by atoms with Crippen molar-refractivity contribution in [3.8, 4) is 22.5 Å². The number of aromatic amines is 1. The van der Waals surface area contributed by atoms with Crippen molar-refractivity contribution in [3.05, 3.63) is 131 Å². The second kappa shape index (κ2) is 13.6. The topological polar surface area (TPSA) is 93.9 Å². The fraction of sp³-hybridized carbons (Fsp3) is 0.175. The van der Waals surface area contributed by atoms with Gasteiger partial charge in [-0.1, -0.05) is 76.6 Å². The van der Waals surface area contributed by atoms with Gasteiger partial charge >= 0.3 is 6.09 Å². The van der Waals surface area contributed by atoms with Crippen LogP contribution < -0.4 is 5.32 Å². The summed E-state index contributed by atoms with van der Waals surface area (Å²) >= 11 is 3.49. The number of fused-ring (bicyclic) bond motifs is 2. The molecule has 2 N–H and O–H groups in total. The van der Waals surface area contributed by atoms with E-state index >= 15 is 0 Å². The highest BCUT2D eigenvalue weighted by Crippen LogP contribution is 2.33. The summed E-state index contributed by atoms with van der Waals surface area (Å²) in [5.41, 5.74) is 8.99. The van der Waals surface area contributed by atoms with Gasteiger partial charge in [0, 0.05) is 56.5 Å². The first-order chi connectivity index (χ1) is 23.4. The minimum absolute atomic E-state index is 0.176. The number of nitrogens with zero attached hydrogens (tertiary/aromatic N) is 3. The molecule has 7 aromatic rings. The van der Waals surface area contributed by atoms with E-state index in [0.717, 1.165) is 54.5 Å². The van der Waals surface area contributed by atoms with Crippen LogP contribution in [0.5, 0.6) is 0 Å². The van der Waals surface area contributed by atoms with Crippen LogP contribution in [0, 0.1) is 13.8 Å². The molecule has 3 aromatic heterocycles.